The number of hydrogen-bond acceptors (Lipinski definition) is 2. The lowest BCUT2D eigenvalue weighted by molar-refractivity contribution is -0.135. The molecule has 1 saturated carbocycles. The Bertz CT molecular complexity index is 248. The van der Waals surface area contributed by atoms with E-state index in [0.717, 1.165) is 19.4 Å². The van der Waals surface area contributed by atoms with Gasteiger partial charge in [-0.3, -0.25) is 4.79 Å². The van der Waals surface area contributed by atoms with Gasteiger partial charge in [0.25, 0.3) is 0 Å². The summed E-state index contributed by atoms with van der Waals surface area (Å²) < 4.78 is 0. The smallest absolute Gasteiger partial charge is 0.239 e. The Hall–Kier alpha value is -0.570. The van der Waals surface area contributed by atoms with Crippen LogP contribution in [0.15, 0.2) is 0 Å². The second-order valence-corrected chi connectivity index (χ2v) is 5.43. The minimum absolute atomic E-state index is 0.0964. The maximum Gasteiger partial charge on any atom is 0.239 e. The molecule has 3 nitrogen and oxygen atoms in total. The quantitative estimate of drug-likeness (QED) is 0.775. The number of carbonyl (C=O) groups excluding carboxylic acids is 1. The molecule has 1 N–H and O–H groups in total. The number of nitrogens with zero attached hydrogens (tertiary/aromatic N) is 1. The van der Waals surface area contributed by atoms with E-state index in [4.69, 9.17) is 0 Å². The molecule has 0 aromatic heterocycles. The van der Waals surface area contributed by atoms with Crippen LogP contribution in [0.4, 0.5) is 0 Å². The van der Waals surface area contributed by atoms with E-state index in [2.05, 4.69) is 12.2 Å². The Balaban J connectivity index is 1.94. The average Bonchev–Trinajstić information content (AvgIpc) is 2.81. The number of amides is 1. The second kappa shape index (κ2) is 5.17. The van der Waals surface area contributed by atoms with E-state index in [9.17, 15) is 4.79 Å². The highest BCUT2D eigenvalue weighted by atomic mass is 16.2. The first-order valence-electron chi connectivity index (χ1n) is 6.70. The van der Waals surface area contributed by atoms with Crippen LogP contribution in [0.5, 0.6) is 0 Å². The molecule has 0 bridgehead atoms. The van der Waals surface area contributed by atoms with Crippen LogP contribution in [0.3, 0.4) is 0 Å². The maximum atomic E-state index is 12.3. The molecule has 0 aromatic carbocycles. The van der Waals surface area contributed by atoms with Gasteiger partial charge in [-0.2, -0.15) is 0 Å². The van der Waals surface area contributed by atoms with E-state index in [1.807, 2.05) is 11.9 Å². The third-order valence-corrected chi connectivity index (χ3v) is 4.27. The fourth-order valence-electron chi connectivity index (χ4n) is 3.18. The minimum Gasteiger partial charge on any atom is -0.341 e. The molecule has 1 aliphatic heterocycles. The van der Waals surface area contributed by atoms with Gasteiger partial charge in [0.1, 0.15) is 0 Å². The van der Waals surface area contributed by atoms with Crippen molar-refractivity contribution >= 4 is 5.91 Å². The first kappa shape index (κ1) is 11.9. The van der Waals surface area contributed by atoms with Gasteiger partial charge < -0.3 is 10.2 Å². The molecule has 0 radical (unpaired) electrons. The van der Waals surface area contributed by atoms with Crippen molar-refractivity contribution in [2.75, 3.05) is 13.6 Å². The Morgan fingerprint density at radius 2 is 1.94 bits per heavy atom. The fourth-order valence-corrected chi connectivity index (χ4v) is 3.18. The predicted molar refractivity (Wildman–Crippen MR) is 65.2 cm³/mol. The van der Waals surface area contributed by atoms with E-state index in [0.29, 0.717) is 17.9 Å². The number of nitrogens with one attached hydrogen (secondary N) is 1. The van der Waals surface area contributed by atoms with Crippen molar-refractivity contribution in [3.8, 4) is 0 Å². The van der Waals surface area contributed by atoms with Gasteiger partial charge in [-0.25, -0.2) is 0 Å². The molecule has 2 rings (SSSR count). The number of carbonyl (C=O) groups is 1. The molecule has 0 spiro atoms. The summed E-state index contributed by atoms with van der Waals surface area (Å²) in [4.78, 5) is 14.3. The molecular formula is C13H24N2O. The van der Waals surface area contributed by atoms with Gasteiger partial charge in [-0.1, -0.05) is 19.8 Å². The average molecular weight is 224 g/mol. The zero-order valence-electron chi connectivity index (χ0n) is 10.5. The minimum atomic E-state index is 0.0964. The van der Waals surface area contributed by atoms with Gasteiger partial charge >= 0.3 is 0 Å². The molecule has 1 aliphatic carbocycles. The van der Waals surface area contributed by atoms with Gasteiger partial charge in [-0.05, 0) is 38.1 Å². The molecule has 2 fully saturated rings. The van der Waals surface area contributed by atoms with Gasteiger partial charge in [0.15, 0.2) is 0 Å². The monoisotopic (exact) mass is 224 g/mol. The van der Waals surface area contributed by atoms with E-state index in [1.54, 1.807) is 0 Å². The van der Waals surface area contributed by atoms with Crippen LogP contribution in [0, 0.1) is 5.92 Å². The van der Waals surface area contributed by atoms with Crippen LogP contribution >= 0.6 is 0 Å². The fraction of sp³-hybridized carbons (Fsp3) is 0.923. The van der Waals surface area contributed by atoms with E-state index in [1.165, 1.54) is 25.7 Å². The normalized spacial score (nSPS) is 35.0. The van der Waals surface area contributed by atoms with Crippen molar-refractivity contribution in [1.82, 2.24) is 10.2 Å². The third-order valence-electron chi connectivity index (χ3n) is 4.27. The summed E-state index contributed by atoms with van der Waals surface area (Å²) in [5, 5.41) is 3.30. The van der Waals surface area contributed by atoms with Crippen LogP contribution in [0.2, 0.25) is 0 Å². The van der Waals surface area contributed by atoms with E-state index < -0.39 is 0 Å². The van der Waals surface area contributed by atoms with Gasteiger partial charge in [0, 0.05) is 13.1 Å². The predicted octanol–water partition coefficient (Wildman–Crippen LogP) is 1.78. The van der Waals surface area contributed by atoms with Crippen molar-refractivity contribution in [2.45, 2.75) is 57.5 Å². The molecule has 92 valence electrons. The third kappa shape index (κ3) is 2.40. The molecule has 1 amide bonds. The highest BCUT2D eigenvalue weighted by molar-refractivity contribution is 5.82. The largest absolute Gasteiger partial charge is 0.341 e. The highest BCUT2D eigenvalue weighted by Crippen LogP contribution is 2.28. The summed E-state index contributed by atoms with van der Waals surface area (Å²) in [6.07, 6.45) is 7.25. The second-order valence-electron chi connectivity index (χ2n) is 5.43. The first-order valence-corrected chi connectivity index (χ1v) is 6.70. The van der Waals surface area contributed by atoms with Crippen LogP contribution in [0.25, 0.3) is 0 Å². The zero-order valence-corrected chi connectivity index (χ0v) is 10.5. The Labute approximate surface area is 98.6 Å². The highest BCUT2D eigenvalue weighted by Gasteiger charge is 2.32. The van der Waals surface area contributed by atoms with Crippen LogP contribution in [0.1, 0.15) is 45.4 Å². The standard InChI is InChI=1S/C13H24N2O/c1-10-6-3-4-8-12(10)15(2)13(16)11-7-5-9-14-11/h10-12,14H,3-9H2,1-2H3. The van der Waals surface area contributed by atoms with Gasteiger partial charge in [0.05, 0.1) is 6.04 Å². The molecule has 2 aliphatic rings. The Kier molecular flexibility index (Phi) is 3.85. The molecule has 3 heteroatoms. The Morgan fingerprint density at radius 1 is 1.19 bits per heavy atom. The summed E-state index contributed by atoms with van der Waals surface area (Å²) in [7, 11) is 1.99. The Morgan fingerprint density at radius 3 is 2.56 bits per heavy atom. The van der Waals surface area contributed by atoms with Crippen molar-refractivity contribution < 1.29 is 4.79 Å². The van der Waals surface area contributed by atoms with Gasteiger partial charge in [-0.15, -0.1) is 0 Å². The SMILES string of the molecule is CC1CCCCC1N(C)C(=O)C1CCCN1. The number of rotatable bonds is 2. The lowest BCUT2D eigenvalue weighted by atomic mass is 9.85. The summed E-state index contributed by atoms with van der Waals surface area (Å²) in [5.41, 5.74) is 0. The number of hydrogen-bond donors (Lipinski definition) is 1. The molecule has 3 atom stereocenters. The maximum absolute atomic E-state index is 12.3. The molecule has 1 saturated heterocycles. The van der Waals surface area contributed by atoms with Crippen molar-refractivity contribution in [3.05, 3.63) is 0 Å². The topological polar surface area (TPSA) is 32.3 Å². The van der Waals surface area contributed by atoms with Crippen LogP contribution < -0.4 is 5.32 Å². The summed E-state index contributed by atoms with van der Waals surface area (Å²) in [6, 6.07) is 0.572. The first-order chi connectivity index (χ1) is 7.70. The summed E-state index contributed by atoms with van der Waals surface area (Å²) in [5.74, 6) is 0.986. The van der Waals surface area contributed by atoms with Crippen LogP contribution in [-0.2, 0) is 4.79 Å². The molecule has 3 unspecified atom stereocenters. The summed E-state index contributed by atoms with van der Waals surface area (Å²) in [6.45, 7) is 3.29. The molecule has 1 heterocycles. The van der Waals surface area contributed by atoms with Crippen molar-refractivity contribution in [2.24, 2.45) is 5.92 Å². The lowest BCUT2D eigenvalue weighted by Crippen LogP contribution is -2.49. The number of likely N-dealkylation sites (N-methyl/N-ethyl adjacent to an activating group) is 1. The van der Waals surface area contributed by atoms with Crippen molar-refractivity contribution in [3.63, 3.8) is 0 Å². The van der Waals surface area contributed by atoms with E-state index in [-0.39, 0.29) is 6.04 Å². The lowest BCUT2D eigenvalue weighted by Gasteiger charge is -2.37. The van der Waals surface area contributed by atoms with Crippen LogP contribution in [-0.4, -0.2) is 36.5 Å². The molecule has 0 aromatic rings. The van der Waals surface area contributed by atoms with Gasteiger partial charge in [0.2, 0.25) is 5.91 Å². The molecule has 16 heavy (non-hydrogen) atoms. The zero-order chi connectivity index (χ0) is 11.5. The van der Waals surface area contributed by atoms with Crippen molar-refractivity contribution in [1.29, 1.82) is 0 Å². The summed E-state index contributed by atoms with van der Waals surface area (Å²) >= 11 is 0. The van der Waals surface area contributed by atoms with E-state index >= 15 is 0 Å². The molecular weight excluding hydrogens is 200 g/mol.